The molecule has 5 nitrogen and oxygen atoms in total. The van der Waals surface area contributed by atoms with Crippen molar-refractivity contribution < 1.29 is 14.4 Å². The van der Waals surface area contributed by atoms with Crippen LogP contribution in [0.3, 0.4) is 0 Å². The van der Waals surface area contributed by atoms with E-state index in [0.717, 1.165) is 5.56 Å². The summed E-state index contributed by atoms with van der Waals surface area (Å²) in [5.41, 5.74) is 3.22. The van der Waals surface area contributed by atoms with E-state index in [1.807, 2.05) is 18.2 Å². The summed E-state index contributed by atoms with van der Waals surface area (Å²) in [7, 11) is 0. The first-order valence-electron chi connectivity index (χ1n) is 5.05. The number of fused-ring (bicyclic) bond motifs is 1. The van der Waals surface area contributed by atoms with Gasteiger partial charge in [0.05, 0.1) is 5.92 Å². The minimum Gasteiger partial charge on any atom is -0.379 e. The molecule has 0 bridgehead atoms. The van der Waals surface area contributed by atoms with Crippen LogP contribution in [0, 0.1) is 0 Å². The van der Waals surface area contributed by atoms with E-state index >= 15 is 0 Å². The smallest absolute Gasteiger partial charge is 0.260 e. The largest absolute Gasteiger partial charge is 0.379 e. The highest BCUT2D eigenvalue weighted by Gasteiger charge is 2.28. The molecule has 1 aromatic carbocycles. The third kappa shape index (κ3) is 1.98. The number of rotatable bonds is 4. The maximum atomic E-state index is 11.6. The van der Waals surface area contributed by atoms with Crippen LogP contribution < -0.4 is 15.6 Å². The number of nitrogens with one attached hydrogen (secondary N) is 2. The molecule has 0 radical (unpaired) electrons. The lowest BCUT2D eigenvalue weighted by Crippen LogP contribution is -2.38. The van der Waals surface area contributed by atoms with Gasteiger partial charge in [0, 0.05) is 12.1 Å². The second-order valence-electron chi connectivity index (χ2n) is 3.52. The number of amides is 2. The van der Waals surface area contributed by atoms with Gasteiger partial charge in [0.25, 0.3) is 5.91 Å². The van der Waals surface area contributed by atoms with Gasteiger partial charge in [-0.15, -0.1) is 0 Å². The molecule has 5 heteroatoms. The molecule has 2 N–H and O–H groups in total. The molecular weight excluding hydrogens is 208 g/mol. The topological polar surface area (TPSA) is 67.4 Å². The van der Waals surface area contributed by atoms with Crippen LogP contribution >= 0.6 is 0 Å². The molecule has 0 saturated carbocycles. The van der Waals surface area contributed by atoms with E-state index in [9.17, 15) is 9.59 Å². The number of benzene rings is 1. The fraction of sp³-hybridized carbons (Fsp3) is 0.273. The fourth-order valence-corrected chi connectivity index (χ4v) is 1.75. The van der Waals surface area contributed by atoms with Crippen LogP contribution in [0.2, 0.25) is 0 Å². The van der Waals surface area contributed by atoms with Gasteiger partial charge in [-0.1, -0.05) is 18.2 Å². The molecule has 2 amide bonds. The van der Waals surface area contributed by atoms with Gasteiger partial charge in [-0.2, -0.15) is 5.48 Å². The van der Waals surface area contributed by atoms with Crippen LogP contribution in [0.5, 0.6) is 5.75 Å². The molecule has 0 fully saturated rings. The Morgan fingerprint density at radius 1 is 1.44 bits per heavy atom. The zero-order chi connectivity index (χ0) is 11.4. The molecule has 0 aromatic heterocycles. The van der Waals surface area contributed by atoms with E-state index in [4.69, 9.17) is 4.84 Å². The zero-order valence-electron chi connectivity index (χ0n) is 8.60. The second kappa shape index (κ2) is 4.65. The van der Waals surface area contributed by atoms with Crippen molar-refractivity contribution in [2.75, 3.05) is 6.54 Å². The summed E-state index contributed by atoms with van der Waals surface area (Å²) >= 11 is 0. The average Bonchev–Trinajstić information content (AvgIpc) is 2.32. The lowest BCUT2D eigenvalue weighted by atomic mass is 9.93. The van der Waals surface area contributed by atoms with E-state index in [1.54, 1.807) is 6.07 Å². The lowest BCUT2D eigenvalue weighted by Gasteiger charge is -2.24. The number of hydrogen-bond donors (Lipinski definition) is 2. The van der Waals surface area contributed by atoms with Gasteiger partial charge in [-0.05, 0) is 12.5 Å². The Morgan fingerprint density at radius 2 is 2.25 bits per heavy atom. The van der Waals surface area contributed by atoms with Gasteiger partial charge in [0.1, 0.15) is 0 Å². The Hall–Kier alpha value is -2.04. The van der Waals surface area contributed by atoms with Gasteiger partial charge in [-0.3, -0.25) is 9.59 Å². The van der Waals surface area contributed by atoms with E-state index in [1.165, 1.54) is 0 Å². The Balaban J connectivity index is 2.16. The van der Waals surface area contributed by atoms with Crippen molar-refractivity contribution in [3.63, 3.8) is 0 Å². The van der Waals surface area contributed by atoms with Crippen molar-refractivity contribution >= 4 is 12.3 Å². The molecule has 1 aliphatic heterocycles. The fourth-order valence-electron chi connectivity index (χ4n) is 1.75. The standard InChI is InChI=1S/C11H12N2O3/c14-7-12-6-5-9-8-3-1-2-4-10(8)16-13-11(9)15/h1-4,7,9H,5-6H2,(H,12,14)(H,13,15). The quantitative estimate of drug-likeness (QED) is 0.567. The van der Waals surface area contributed by atoms with E-state index in [0.29, 0.717) is 25.1 Å². The van der Waals surface area contributed by atoms with Crippen LogP contribution in [-0.2, 0) is 9.59 Å². The first-order valence-corrected chi connectivity index (χ1v) is 5.05. The predicted octanol–water partition coefficient (Wildman–Crippen LogP) is 0.330. The summed E-state index contributed by atoms with van der Waals surface area (Å²) in [5.74, 6) is 0.224. The predicted molar refractivity (Wildman–Crippen MR) is 56.6 cm³/mol. The summed E-state index contributed by atoms with van der Waals surface area (Å²) in [6.07, 6.45) is 1.19. The van der Waals surface area contributed by atoms with Gasteiger partial charge in [0.2, 0.25) is 6.41 Å². The molecule has 2 rings (SSSR count). The van der Waals surface area contributed by atoms with Crippen molar-refractivity contribution in [2.45, 2.75) is 12.3 Å². The van der Waals surface area contributed by atoms with Crippen molar-refractivity contribution in [1.82, 2.24) is 10.8 Å². The molecule has 1 heterocycles. The normalized spacial score (nSPS) is 18.0. The second-order valence-corrected chi connectivity index (χ2v) is 3.52. The van der Waals surface area contributed by atoms with Gasteiger partial charge >= 0.3 is 0 Å². The molecule has 84 valence electrons. The highest BCUT2D eigenvalue weighted by Crippen LogP contribution is 2.31. The van der Waals surface area contributed by atoms with Crippen LogP contribution in [0.1, 0.15) is 17.9 Å². The van der Waals surface area contributed by atoms with Crippen molar-refractivity contribution in [3.8, 4) is 5.75 Å². The number of hydroxylamine groups is 1. The van der Waals surface area contributed by atoms with E-state index in [-0.39, 0.29) is 11.8 Å². The minimum absolute atomic E-state index is 0.175. The monoisotopic (exact) mass is 220 g/mol. The van der Waals surface area contributed by atoms with Crippen LogP contribution in [-0.4, -0.2) is 18.9 Å². The highest BCUT2D eigenvalue weighted by molar-refractivity contribution is 5.85. The van der Waals surface area contributed by atoms with E-state index < -0.39 is 0 Å². The zero-order valence-corrected chi connectivity index (χ0v) is 8.60. The van der Waals surface area contributed by atoms with Crippen molar-refractivity contribution in [1.29, 1.82) is 0 Å². The van der Waals surface area contributed by atoms with Gasteiger partial charge < -0.3 is 10.2 Å². The highest BCUT2D eigenvalue weighted by atomic mass is 16.7. The van der Waals surface area contributed by atoms with Crippen molar-refractivity contribution in [2.24, 2.45) is 0 Å². The first kappa shape index (κ1) is 10.5. The van der Waals surface area contributed by atoms with Crippen molar-refractivity contribution in [3.05, 3.63) is 29.8 Å². The molecule has 1 aromatic rings. The summed E-state index contributed by atoms with van der Waals surface area (Å²) in [4.78, 5) is 26.8. The Morgan fingerprint density at radius 3 is 3.06 bits per heavy atom. The molecule has 1 aliphatic rings. The third-order valence-corrected chi connectivity index (χ3v) is 2.53. The number of carbonyl (C=O) groups is 2. The Labute approximate surface area is 92.7 Å². The molecule has 0 spiro atoms. The van der Waals surface area contributed by atoms with Gasteiger partial charge in [-0.25, -0.2) is 0 Å². The first-order chi connectivity index (χ1) is 7.83. The molecule has 1 unspecified atom stereocenters. The van der Waals surface area contributed by atoms with Crippen LogP contribution in [0.4, 0.5) is 0 Å². The number of hydrogen-bond acceptors (Lipinski definition) is 3. The molecule has 1 atom stereocenters. The number of carbonyl (C=O) groups excluding carboxylic acids is 2. The van der Waals surface area contributed by atoms with E-state index in [2.05, 4.69) is 10.8 Å². The van der Waals surface area contributed by atoms with Gasteiger partial charge in [0.15, 0.2) is 5.75 Å². The SMILES string of the molecule is O=CNCCC1C(=O)NOc2ccccc21. The van der Waals surface area contributed by atoms with Crippen LogP contribution in [0.15, 0.2) is 24.3 Å². The molecular formula is C11H12N2O3. The molecule has 0 saturated heterocycles. The summed E-state index contributed by atoms with van der Waals surface area (Å²) in [6.45, 7) is 0.468. The maximum Gasteiger partial charge on any atom is 0.260 e. The Kier molecular flexibility index (Phi) is 3.05. The minimum atomic E-state index is -0.266. The lowest BCUT2D eigenvalue weighted by molar-refractivity contribution is -0.131. The summed E-state index contributed by atoms with van der Waals surface area (Å²) in [5, 5.41) is 2.55. The maximum absolute atomic E-state index is 11.6. The number of para-hydroxylation sites is 1. The van der Waals surface area contributed by atoms with Crippen LogP contribution in [0.25, 0.3) is 0 Å². The molecule has 0 aliphatic carbocycles. The molecule has 16 heavy (non-hydrogen) atoms. The summed E-state index contributed by atoms with van der Waals surface area (Å²) in [6, 6.07) is 7.37. The average molecular weight is 220 g/mol. The Bertz CT molecular complexity index is 406. The summed E-state index contributed by atoms with van der Waals surface area (Å²) < 4.78 is 0. The third-order valence-electron chi connectivity index (χ3n) is 2.53.